The minimum atomic E-state index is 0.517. The van der Waals surface area contributed by atoms with Crippen LogP contribution in [0.1, 0.15) is 26.7 Å². The quantitative estimate of drug-likeness (QED) is 0.517. The Morgan fingerprint density at radius 3 is 2.60 bits per heavy atom. The van der Waals surface area contributed by atoms with E-state index in [9.17, 15) is 0 Å². The summed E-state index contributed by atoms with van der Waals surface area (Å²) in [5, 5.41) is 11.1. The summed E-state index contributed by atoms with van der Waals surface area (Å²) in [7, 11) is 1.82. The van der Waals surface area contributed by atoms with Crippen molar-refractivity contribution in [1.82, 2.24) is 25.3 Å². The van der Waals surface area contributed by atoms with Crippen LogP contribution in [0.15, 0.2) is 23.5 Å². The van der Waals surface area contributed by atoms with Gasteiger partial charge in [-0.1, -0.05) is 26.7 Å². The third-order valence-electron chi connectivity index (χ3n) is 5.00. The Balaban J connectivity index is 1.83. The zero-order valence-corrected chi connectivity index (χ0v) is 15.9. The van der Waals surface area contributed by atoms with Gasteiger partial charge in [0.15, 0.2) is 5.96 Å². The van der Waals surface area contributed by atoms with E-state index in [0.29, 0.717) is 12.0 Å². The fraction of sp³-hybridized carbons (Fsp3) is 0.778. The van der Waals surface area contributed by atoms with Crippen LogP contribution in [0.2, 0.25) is 0 Å². The largest absolute Gasteiger partial charge is 0.379 e. The van der Waals surface area contributed by atoms with Crippen molar-refractivity contribution >= 4 is 5.96 Å². The number of aromatic nitrogens is 2. The maximum atomic E-state index is 5.53. The summed E-state index contributed by atoms with van der Waals surface area (Å²) >= 11 is 0. The fourth-order valence-corrected chi connectivity index (χ4v) is 3.48. The van der Waals surface area contributed by atoms with Crippen molar-refractivity contribution in [3.63, 3.8) is 0 Å². The lowest BCUT2D eigenvalue weighted by Gasteiger charge is -2.39. The zero-order valence-electron chi connectivity index (χ0n) is 15.9. The Labute approximate surface area is 151 Å². The summed E-state index contributed by atoms with van der Waals surface area (Å²) in [5.74, 6) is 1.55. The normalized spacial score (nSPS) is 17.7. The van der Waals surface area contributed by atoms with Gasteiger partial charge >= 0.3 is 0 Å². The molecule has 0 saturated carbocycles. The van der Waals surface area contributed by atoms with Gasteiger partial charge in [0.1, 0.15) is 0 Å². The van der Waals surface area contributed by atoms with Crippen molar-refractivity contribution < 1.29 is 4.74 Å². The number of ether oxygens (including phenoxy) is 1. The summed E-state index contributed by atoms with van der Waals surface area (Å²) < 4.78 is 7.44. The molecule has 1 aliphatic heterocycles. The summed E-state index contributed by atoms with van der Waals surface area (Å²) in [6.45, 7) is 10.8. The summed E-state index contributed by atoms with van der Waals surface area (Å²) in [5.41, 5.74) is 0. The van der Waals surface area contributed by atoms with Crippen molar-refractivity contribution in [1.29, 1.82) is 0 Å². The molecule has 1 aromatic heterocycles. The Kier molecular flexibility index (Phi) is 8.76. The Morgan fingerprint density at radius 1 is 1.24 bits per heavy atom. The molecule has 0 aliphatic carbocycles. The van der Waals surface area contributed by atoms with E-state index in [1.165, 1.54) is 12.8 Å². The van der Waals surface area contributed by atoms with Gasteiger partial charge in [-0.05, 0) is 12.0 Å². The fourth-order valence-electron chi connectivity index (χ4n) is 3.48. The van der Waals surface area contributed by atoms with E-state index in [0.717, 1.165) is 51.9 Å². The average molecular weight is 351 g/mol. The van der Waals surface area contributed by atoms with Crippen LogP contribution in [0.3, 0.4) is 0 Å². The van der Waals surface area contributed by atoms with Crippen molar-refractivity contribution in [2.24, 2.45) is 10.9 Å². The maximum Gasteiger partial charge on any atom is 0.191 e. The molecule has 0 radical (unpaired) electrons. The molecule has 2 rings (SSSR count). The Bertz CT molecular complexity index is 480. The van der Waals surface area contributed by atoms with Crippen LogP contribution < -0.4 is 10.6 Å². The molecule has 0 spiro atoms. The molecule has 2 heterocycles. The van der Waals surface area contributed by atoms with E-state index in [4.69, 9.17) is 4.74 Å². The van der Waals surface area contributed by atoms with Crippen molar-refractivity contribution in [2.45, 2.75) is 39.3 Å². The molecule has 0 amide bonds. The predicted molar refractivity (Wildman–Crippen MR) is 102 cm³/mol. The molecular weight excluding hydrogens is 316 g/mol. The molecule has 2 N–H and O–H groups in total. The SMILES string of the molecule is CCC(CC)C(CNC(=NC)NCCn1cccn1)N1CCOCC1. The topological polar surface area (TPSA) is 66.7 Å². The van der Waals surface area contributed by atoms with Gasteiger partial charge in [0, 0.05) is 51.7 Å². The maximum absolute atomic E-state index is 5.53. The first-order chi connectivity index (χ1) is 12.3. The van der Waals surface area contributed by atoms with Gasteiger partial charge in [0.25, 0.3) is 0 Å². The van der Waals surface area contributed by atoms with E-state index >= 15 is 0 Å². The summed E-state index contributed by atoms with van der Waals surface area (Å²) in [6, 6.07) is 2.46. The van der Waals surface area contributed by atoms with Crippen LogP contribution in [0.25, 0.3) is 0 Å². The van der Waals surface area contributed by atoms with Gasteiger partial charge < -0.3 is 15.4 Å². The van der Waals surface area contributed by atoms with Crippen LogP contribution in [0, 0.1) is 5.92 Å². The Morgan fingerprint density at radius 2 is 2.00 bits per heavy atom. The number of guanidine groups is 1. The predicted octanol–water partition coefficient (Wildman–Crippen LogP) is 1.19. The van der Waals surface area contributed by atoms with Crippen LogP contribution in [0.4, 0.5) is 0 Å². The summed E-state index contributed by atoms with van der Waals surface area (Å²) in [4.78, 5) is 6.93. The molecule has 1 aliphatic rings. The molecule has 1 aromatic rings. The van der Waals surface area contributed by atoms with Gasteiger partial charge in [-0.25, -0.2) is 0 Å². The van der Waals surface area contributed by atoms with Crippen molar-refractivity contribution in [2.75, 3.05) is 46.4 Å². The highest BCUT2D eigenvalue weighted by Gasteiger charge is 2.26. The standard InChI is InChI=1S/C18H34N6O/c1-4-16(5-2)17(23-11-13-25-14-12-23)15-21-18(19-3)20-8-10-24-9-6-7-22-24/h6-7,9,16-17H,4-5,8,10-15H2,1-3H3,(H2,19,20,21). The molecule has 1 unspecified atom stereocenters. The summed E-state index contributed by atoms with van der Waals surface area (Å²) in [6.07, 6.45) is 6.17. The zero-order chi connectivity index (χ0) is 17.9. The van der Waals surface area contributed by atoms with Crippen molar-refractivity contribution in [3.8, 4) is 0 Å². The van der Waals surface area contributed by atoms with Gasteiger partial charge in [0.05, 0.1) is 19.8 Å². The third-order valence-corrected chi connectivity index (χ3v) is 5.00. The first-order valence-electron chi connectivity index (χ1n) is 9.52. The van der Waals surface area contributed by atoms with Crippen molar-refractivity contribution in [3.05, 3.63) is 18.5 Å². The van der Waals surface area contributed by atoms with Gasteiger partial charge in [-0.3, -0.25) is 14.6 Å². The molecule has 1 saturated heterocycles. The van der Waals surface area contributed by atoms with E-state index < -0.39 is 0 Å². The lowest BCUT2D eigenvalue weighted by molar-refractivity contribution is 0.00272. The second-order valence-electron chi connectivity index (χ2n) is 6.44. The Hall–Kier alpha value is -1.60. The smallest absolute Gasteiger partial charge is 0.191 e. The molecule has 0 bridgehead atoms. The molecule has 7 heteroatoms. The number of nitrogens with one attached hydrogen (secondary N) is 2. The number of rotatable bonds is 9. The van der Waals surface area contributed by atoms with Gasteiger partial charge in [0.2, 0.25) is 0 Å². The highest BCUT2D eigenvalue weighted by molar-refractivity contribution is 5.79. The number of morpholine rings is 1. The first-order valence-corrected chi connectivity index (χ1v) is 9.52. The highest BCUT2D eigenvalue weighted by atomic mass is 16.5. The number of aliphatic imine (C=N–C) groups is 1. The van der Waals surface area contributed by atoms with Crippen LogP contribution in [-0.4, -0.2) is 73.1 Å². The van der Waals surface area contributed by atoms with Gasteiger partial charge in [-0.15, -0.1) is 0 Å². The number of hydrogen-bond acceptors (Lipinski definition) is 4. The second-order valence-corrected chi connectivity index (χ2v) is 6.44. The molecule has 25 heavy (non-hydrogen) atoms. The lowest BCUT2D eigenvalue weighted by Crippen LogP contribution is -2.53. The van der Waals surface area contributed by atoms with Gasteiger partial charge in [-0.2, -0.15) is 5.10 Å². The molecule has 0 aromatic carbocycles. The highest BCUT2D eigenvalue weighted by Crippen LogP contribution is 2.19. The lowest BCUT2D eigenvalue weighted by atomic mass is 9.92. The second kappa shape index (κ2) is 11.1. The monoisotopic (exact) mass is 350 g/mol. The third kappa shape index (κ3) is 6.32. The van der Waals surface area contributed by atoms with E-state index in [1.807, 2.05) is 24.0 Å². The minimum absolute atomic E-state index is 0.517. The average Bonchev–Trinajstić information content (AvgIpc) is 3.17. The van der Waals surface area contributed by atoms with E-state index in [2.05, 4.69) is 39.5 Å². The molecule has 1 atom stereocenters. The minimum Gasteiger partial charge on any atom is -0.379 e. The van der Waals surface area contributed by atoms with E-state index in [1.54, 1.807) is 6.20 Å². The first kappa shape index (κ1) is 19.7. The van der Waals surface area contributed by atoms with Crippen LogP contribution in [-0.2, 0) is 11.3 Å². The molecule has 7 nitrogen and oxygen atoms in total. The molecule has 142 valence electrons. The van der Waals surface area contributed by atoms with Crippen LogP contribution in [0.5, 0.6) is 0 Å². The molecular formula is C18H34N6O. The van der Waals surface area contributed by atoms with E-state index in [-0.39, 0.29) is 0 Å². The molecule has 1 fully saturated rings. The number of nitrogens with zero attached hydrogens (tertiary/aromatic N) is 4. The van der Waals surface area contributed by atoms with Crippen LogP contribution >= 0.6 is 0 Å². The number of hydrogen-bond donors (Lipinski definition) is 2.